The van der Waals surface area contributed by atoms with Gasteiger partial charge in [-0.2, -0.15) is 0 Å². The van der Waals surface area contributed by atoms with Gasteiger partial charge in [0.1, 0.15) is 18.3 Å². The summed E-state index contributed by atoms with van der Waals surface area (Å²) in [4.78, 5) is 28.8. The molecule has 0 saturated heterocycles. The van der Waals surface area contributed by atoms with Gasteiger partial charge >= 0.3 is 0 Å². The third-order valence-corrected chi connectivity index (χ3v) is 8.33. The van der Waals surface area contributed by atoms with Crippen molar-refractivity contribution in [3.8, 4) is 5.75 Å². The first-order chi connectivity index (χ1) is 19.1. The van der Waals surface area contributed by atoms with E-state index in [1.165, 1.54) is 24.1 Å². The maximum absolute atomic E-state index is 14.1. The number of nitrogens with zero attached hydrogens (tertiary/aromatic N) is 2. The topological polar surface area (TPSA) is 96.0 Å². The van der Waals surface area contributed by atoms with Crippen molar-refractivity contribution >= 4 is 39.1 Å². The highest BCUT2D eigenvalue weighted by atomic mass is 35.5. The standard InChI is InChI=1S/C30H36ClN3O5S/c1-5-26(30(36)32-19-22(2)3)33(20-23-15-17-24(31)18-16-23)29(35)21-34(27-13-9-10-14-28(27)39-4)40(37,38)25-11-7-6-8-12-25/h6-18,22,26H,5,19-21H2,1-4H3,(H,32,36). The molecular weight excluding hydrogens is 550 g/mol. The molecule has 8 nitrogen and oxygen atoms in total. The average molecular weight is 586 g/mol. The molecule has 10 heteroatoms. The average Bonchev–Trinajstić information content (AvgIpc) is 2.95. The number of ether oxygens (including phenoxy) is 1. The number of sulfonamides is 1. The minimum atomic E-state index is -4.18. The van der Waals surface area contributed by atoms with Crippen LogP contribution in [0.25, 0.3) is 0 Å². The van der Waals surface area contributed by atoms with Gasteiger partial charge in [0.25, 0.3) is 10.0 Å². The van der Waals surface area contributed by atoms with Crippen LogP contribution in [0.15, 0.2) is 83.8 Å². The molecule has 0 spiro atoms. The lowest BCUT2D eigenvalue weighted by Gasteiger charge is -2.33. The highest BCUT2D eigenvalue weighted by Gasteiger charge is 2.34. The third kappa shape index (κ3) is 7.76. The highest BCUT2D eigenvalue weighted by molar-refractivity contribution is 7.92. The molecule has 0 aliphatic carbocycles. The molecule has 0 bridgehead atoms. The molecule has 214 valence electrons. The van der Waals surface area contributed by atoms with Gasteiger partial charge in [0, 0.05) is 18.1 Å². The lowest BCUT2D eigenvalue weighted by atomic mass is 10.1. The van der Waals surface area contributed by atoms with E-state index < -0.39 is 28.5 Å². The Bertz CT molecular complexity index is 1380. The second kappa shape index (κ2) is 14.2. The van der Waals surface area contributed by atoms with Gasteiger partial charge in [0.15, 0.2) is 0 Å². The number of hydrogen-bond acceptors (Lipinski definition) is 5. The number of methoxy groups -OCH3 is 1. The highest BCUT2D eigenvalue weighted by Crippen LogP contribution is 2.32. The van der Waals surface area contributed by atoms with E-state index >= 15 is 0 Å². The predicted molar refractivity (Wildman–Crippen MR) is 158 cm³/mol. The zero-order valence-corrected chi connectivity index (χ0v) is 24.8. The minimum Gasteiger partial charge on any atom is -0.495 e. The maximum Gasteiger partial charge on any atom is 0.264 e. The van der Waals surface area contributed by atoms with Crippen molar-refractivity contribution in [2.45, 2.75) is 44.7 Å². The molecule has 0 aliphatic rings. The van der Waals surface area contributed by atoms with Gasteiger partial charge in [-0.15, -0.1) is 0 Å². The van der Waals surface area contributed by atoms with Crippen molar-refractivity contribution in [3.63, 3.8) is 0 Å². The summed E-state index contributed by atoms with van der Waals surface area (Å²) in [6.45, 7) is 5.79. The Morgan fingerprint density at radius 1 is 0.950 bits per heavy atom. The number of carbonyl (C=O) groups is 2. The fraction of sp³-hybridized carbons (Fsp3) is 0.333. The molecule has 0 aliphatic heterocycles. The number of para-hydroxylation sites is 2. The van der Waals surface area contributed by atoms with Crippen molar-refractivity contribution < 1.29 is 22.7 Å². The monoisotopic (exact) mass is 585 g/mol. The van der Waals surface area contributed by atoms with Crippen LogP contribution in [0, 0.1) is 5.92 Å². The second-order valence-electron chi connectivity index (χ2n) is 9.71. The molecule has 0 radical (unpaired) electrons. The van der Waals surface area contributed by atoms with Crippen LogP contribution in [-0.4, -0.2) is 51.4 Å². The first-order valence-corrected chi connectivity index (χ1v) is 14.9. The van der Waals surface area contributed by atoms with Gasteiger partial charge in [0.2, 0.25) is 11.8 Å². The van der Waals surface area contributed by atoms with Crippen LogP contribution in [0.5, 0.6) is 5.75 Å². The molecule has 1 N–H and O–H groups in total. The molecule has 0 saturated carbocycles. The summed E-state index contributed by atoms with van der Waals surface area (Å²) in [7, 11) is -2.74. The van der Waals surface area contributed by atoms with E-state index in [2.05, 4.69) is 5.32 Å². The van der Waals surface area contributed by atoms with Crippen molar-refractivity contribution in [1.82, 2.24) is 10.2 Å². The first-order valence-electron chi connectivity index (χ1n) is 13.1. The van der Waals surface area contributed by atoms with E-state index in [9.17, 15) is 18.0 Å². The zero-order valence-electron chi connectivity index (χ0n) is 23.2. The fourth-order valence-electron chi connectivity index (χ4n) is 4.20. The summed E-state index contributed by atoms with van der Waals surface area (Å²) in [5.74, 6) is -0.320. The van der Waals surface area contributed by atoms with E-state index in [-0.39, 0.29) is 29.0 Å². The van der Waals surface area contributed by atoms with Crippen LogP contribution in [0.1, 0.15) is 32.8 Å². The number of rotatable bonds is 13. The Kier molecular flexibility index (Phi) is 11.0. The number of hydrogen-bond donors (Lipinski definition) is 1. The molecule has 40 heavy (non-hydrogen) atoms. The Balaban J connectivity index is 2.06. The largest absolute Gasteiger partial charge is 0.495 e. The quantitative estimate of drug-likeness (QED) is 0.300. The van der Waals surface area contributed by atoms with Crippen LogP contribution in [0.2, 0.25) is 5.02 Å². The van der Waals surface area contributed by atoms with Crippen LogP contribution in [-0.2, 0) is 26.2 Å². The Morgan fingerprint density at radius 3 is 2.17 bits per heavy atom. The molecule has 3 aromatic carbocycles. The number of nitrogens with one attached hydrogen (secondary N) is 1. The van der Waals surface area contributed by atoms with Gasteiger partial charge in [-0.1, -0.05) is 74.8 Å². The molecular formula is C30H36ClN3O5S. The number of amides is 2. The minimum absolute atomic E-state index is 0.0275. The smallest absolute Gasteiger partial charge is 0.264 e. The van der Waals surface area contributed by atoms with Gasteiger partial charge in [-0.3, -0.25) is 13.9 Å². The molecule has 1 atom stereocenters. The predicted octanol–water partition coefficient (Wildman–Crippen LogP) is 5.12. The normalized spacial score (nSPS) is 12.1. The molecule has 3 rings (SSSR count). The SMILES string of the molecule is CCC(C(=O)NCC(C)C)N(Cc1ccc(Cl)cc1)C(=O)CN(c1ccccc1OC)S(=O)(=O)c1ccccc1. The lowest BCUT2D eigenvalue weighted by Crippen LogP contribution is -2.52. The summed E-state index contributed by atoms with van der Waals surface area (Å²) >= 11 is 6.07. The van der Waals surface area contributed by atoms with Gasteiger partial charge in [0.05, 0.1) is 17.7 Å². The molecule has 0 aromatic heterocycles. The summed E-state index contributed by atoms with van der Waals surface area (Å²) in [5.41, 5.74) is 0.966. The van der Waals surface area contributed by atoms with E-state index in [1.54, 1.807) is 66.7 Å². The number of benzene rings is 3. The Labute approximate surface area is 241 Å². The van der Waals surface area contributed by atoms with Crippen molar-refractivity contribution in [1.29, 1.82) is 0 Å². The summed E-state index contributed by atoms with van der Waals surface area (Å²) < 4.78 is 34.3. The fourth-order valence-corrected chi connectivity index (χ4v) is 5.77. The van der Waals surface area contributed by atoms with Crippen LogP contribution >= 0.6 is 11.6 Å². The van der Waals surface area contributed by atoms with Crippen LogP contribution < -0.4 is 14.4 Å². The van der Waals surface area contributed by atoms with E-state index in [4.69, 9.17) is 16.3 Å². The number of halogens is 1. The van der Waals surface area contributed by atoms with E-state index in [0.717, 1.165) is 9.87 Å². The van der Waals surface area contributed by atoms with E-state index in [0.29, 0.717) is 23.7 Å². The van der Waals surface area contributed by atoms with Crippen LogP contribution in [0.3, 0.4) is 0 Å². The zero-order chi connectivity index (χ0) is 29.3. The molecule has 0 fully saturated rings. The van der Waals surface area contributed by atoms with Gasteiger partial charge in [-0.25, -0.2) is 8.42 Å². The first kappa shape index (κ1) is 31.0. The lowest BCUT2D eigenvalue weighted by molar-refractivity contribution is -0.140. The molecule has 0 heterocycles. The van der Waals surface area contributed by atoms with Crippen molar-refractivity contribution in [2.75, 3.05) is 24.5 Å². The second-order valence-corrected chi connectivity index (χ2v) is 12.0. The summed E-state index contributed by atoms with van der Waals surface area (Å²) in [6, 6.07) is 20.7. The number of carbonyl (C=O) groups excluding carboxylic acids is 2. The summed E-state index contributed by atoms with van der Waals surface area (Å²) in [5, 5.41) is 3.46. The van der Waals surface area contributed by atoms with Gasteiger partial charge < -0.3 is 15.0 Å². The molecule has 1 unspecified atom stereocenters. The number of anilines is 1. The van der Waals surface area contributed by atoms with Gasteiger partial charge in [-0.05, 0) is 54.3 Å². The maximum atomic E-state index is 14.1. The van der Waals surface area contributed by atoms with Crippen molar-refractivity contribution in [3.05, 3.63) is 89.4 Å². The molecule has 3 aromatic rings. The molecule has 2 amide bonds. The Hall–Kier alpha value is -3.56. The third-order valence-electron chi connectivity index (χ3n) is 6.30. The van der Waals surface area contributed by atoms with Crippen molar-refractivity contribution in [2.24, 2.45) is 5.92 Å². The van der Waals surface area contributed by atoms with E-state index in [1.807, 2.05) is 20.8 Å². The Morgan fingerprint density at radius 2 is 1.57 bits per heavy atom. The van der Waals surface area contributed by atoms with Crippen LogP contribution in [0.4, 0.5) is 5.69 Å². The summed E-state index contributed by atoms with van der Waals surface area (Å²) in [6.07, 6.45) is 0.337.